The van der Waals surface area contributed by atoms with Crippen LogP contribution in [0.5, 0.6) is 0 Å². The highest BCUT2D eigenvalue weighted by Gasteiger charge is 2.19. The van der Waals surface area contributed by atoms with Gasteiger partial charge in [-0.25, -0.2) is 0 Å². The second-order valence-electron chi connectivity index (χ2n) is 24.5. The number of rotatable bonds is 67. The van der Waals surface area contributed by atoms with E-state index in [9.17, 15) is 14.4 Å². The van der Waals surface area contributed by atoms with Crippen LogP contribution in [0.2, 0.25) is 0 Å². The van der Waals surface area contributed by atoms with Crippen LogP contribution in [0.4, 0.5) is 0 Å². The molecular weight excluding hydrogens is 961 g/mol. The number of esters is 3. The summed E-state index contributed by atoms with van der Waals surface area (Å²) in [4.78, 5) is 38.4. The summed E-state index contributed by atoms with van der Waals surface area (Å²) in [6.45, 7) is 6.72. The van der Waals surface area contributed by atoms with E-state index in [-0.39, 0.29) is 31.1 Å². The zero-order valence-corrected chi connectivity index (χ0v) is 53.2. The number of carbonyl (C=O) groups excluding carboxylic acids is 3. The smallest absolute Gasteiger partial charge is 0.306 e. The van der Waals surface area contributed by atoms with Crippen molar-refractivity contribution in [3.05, 3.63) is 12.2 Å². The van der Waals surface area contributed by atoms with E-state index in [1.165, 1.54) is 308 Å². The molecule has 1 unspecified atom stereocenters. The van der Waals surface area contributed by atoms with Gasteiger partial charge in [-0.3, -0.25) is 14.4 Å². The van der Waals surface area contributed by atoms with Gasteiger partial charge in [0.2, 0.25) is 0 Å². The first-order valence-corrected chi connectivity index (χ1v) is 35.7. The highest BCUT2D eigenvalue weighted by Crippen LogP contribution is 2.19. The molecule has 0 radical (unpaired) electrons. The molecule has 462 valence electrons. The van der Waals surface area contributed by atoms with Gasteiger partial charge in [-0.05, 0) is 44.9 Å². The van der Waals surface area contributed by atoms with E-state index in [4.69, 9.17) is 14.2 Å². The Hall–Kier alpha value is -1.85. The molecule has 0 aromatic heterocycles. The maximum atomic E-state index is 13.0. The van der Waals surface area contributed by atoms with Crippen LogP contribution in [0.15, 0.2) is 12.2 Å². The quantitative estimate of drug-likeness (QED) is 0.0261. The molecule has 1 atom stereocenters. The molecule has 0 saturated heterocycles. The summed E-state index contributed by atoms with van der Waals surface area (Å²) in [5, 5.41) is 0. The minimum Gasteiger partial charge on any atom is -0.462 e. The average Bonchev–Trinajstić information content (AvgIpc) is 3.44. The third-order valence-corrected chi connectivity index (χ3v) is 16.5. The molecule has 6 nitrogen and oxygen atoms in total. The summed E-state index contributed by atoms with van der Waals surface area (Å²) in [5.41, 5.74) is 0. The molecule has 0 aliphatic heterocycles. The van der Waals surface area contributed by atoms with Crippen molar-refractivity contribution in [1.29, 1.82) is 0 Å². The van der Waals surface area contributed by atoms with Crippen molar-refractivity contribution < 1.29 is 28.6 Å². The van der Waals surface area contributed by atoms with Gasteiger partial charge in [0, 0.05) is 19.3 Å². The van der Waals surface area contributed by atoms with Crippen LogP contribution in [0.1, 0.15) is 412 Å². The third-order valence-electron chi connectivity index (χ3n) is 16.5. The van der Waals surface area contributed by atoms with Gasteiger partial charge in [-0.2, -0.15) is 0 Å². The molecule has 0 saturated carbocycles. The van der Waals surface area contributed by atoms with Crippen LogP contribution in [-0.2, 0) is 28.6 Å². The Bertz CT molecular complexity index is 1210. The Labute approximate surface area is 488 Å². The minimum absolute atomic E-state index is 0.0655. The average molecular weight is 1100 g/mol. The number of hydrogen-bond donors (Lipinski definition) is 0. The minimum atomic E-state index is -0.770. The lowest BCUT2D eigenvalue weighted by molar-refractivity contribution is -0.167. The summed E-state index contributed by atoms with van der Waals surface area (Å²) in [6.07, 6.45) is 81.0. The van der Waals surface area contributed by atoms with E-state index in [0.717, 1.165) is 64.2 Å². The summed E-state index contributed by atoms with van der Waals surface area (Å²) in [5.74, 6) is -0.838. The normalized spacial score (nSPS) is 12.0. The molecule has 0 heterocycles. The molecule has 0 rings (SSSR count). The van der Waals surface area contributed by atoms with Crippen LogP contribution in [-0.4, -0.2) is 37.2 Å². The van der Waals surface area contributed by atoms with Gasteiger partial charge in [0.05, 0.1) is 0 Å². The van der Waals surface area contributed by atoms with Gasteiger partial charge in [0.1, 0.15) is 13.2 Å². The first-order chi connectivity index (χ1) is 38.5. The van der Waals surface area contributed by atoms with Gasteiger partial charge in [0.15, 0.2) is 6.10 Å². The fraction of sp³-hybridized carbons (Fsp3) is 0.931. The van der Waals surface area contributed by atoms with Crippen molar-refractivity contribution in [3.63, 3.8) is 0 Å². The van der Waals surface area contributed by atoms with E-state index >= 15 is 0 Å². The highest BCUT2D eigenvalue weighted by molar-refractivity contribution is 5.71. The second-order valence-corrected chi connectivity index (χ2v) is 24.5. The summed E-state index contributed by atoms with van der Waals surface area (Å²) in [6, 6.07) is 0. The predicted octanol–water partition coefficient (Wildman–Crippen LogP) is 24.4. The number of carbonyl (C=O) groups is 3. The molecule has 0 aromatic rings. The van der Waals surface area contributed by atoms with Gasteiger partial charge >= 0.3 is 17.9 Å². The van der Waals surface area contributed by atoms with Crippen molar-refractivity contribution in [1.82, 2.24) is 0 Å². The molecular formula is C72H138O6. The molecule has 6 heteroatoms. The monoisotopic (exact) mass is 1100 g/mol. The Kier molecular flexibility index (Phi) is 66.0. The van der Waals surface area contributed by atoms with E-state index < -0.39 is 6.10 Å². The Balaban J connectivity index is 4.23. The van der Waals surface area contributed by atoms with Crippen molar-refractivity contribution in [2.75, 3.05) is 13.2 Å². The Morgan fingerprint density at radius 3 is 0.641 bits per heavy atom. The summed E-state index contributed by atoms with van der Waals surface area (Å²) in [7, 11) is 0. The van der Waals surface area contributed by atoms with Crippen molar-refractivity contribution in [2.24, 2.45) is 0 Å². The largest absolute Gasteiger partial charge is 0.462 e. The van der Waals surface area contributed by atoms with Gasteiger partial charge < -0.3 is 14.2 Å². The van der Waals surface area contributed by atoms with E-state index in [0.29, 0.717) is 19.3 Å². The first-order valence-electron chi connectivity index (χ1n) is 35.7. The van der Waals surface area contributed by atoms with Crippen LogP contribution in [0.3, 0.4) is 0 Å². The molecule has 0 bridgehead atoms. The maximum Gasteiger partial charge on any atom is 0.306 e. The molecule has 0 aliphatic rings. The number of unbranched alkanes of at least 4 members (excludes halogenated alkanes) is 54. The van der Waals surface area contributed by atoms with Crippen molar-refractivity contribution in [2.45, 2.75) is 419 Å². The molecule has 0 aromatic carbocycles. The van der Waals surface area contributed by atoms with Gasteiger partial charge in [-0.1, -0.05) is 360 Å². The molecule has 0 fully saturated rings. The number of ether oxygens (including phenoxy) is 3. The number of hydrogen-bond acceptors (Lipinski definition) is 6. The Morgan fingerprint density at radius 2 is 0.423 bits per heavy atom. The van der Waals surface area contributed by atoms with Crippen molar-refractivity contribution >= 4 is 17.9 Å². The van der Waals surface area contributed by atoms with Crippen LogP contribution >= 0.6 is 0 Å². The first kappa shape index (κ1) is 76.1. The molecule has 78 heavy (non-hydrogen) atoms. The Morgan fingerprint density at radius 1 is 0.244 bits per heavy atom. The standard InChI is InChI=1S/C72H138O6/c1-4-7-10-13-16-19-22-25-28-30-32-34-35-36-37-38-40-41-44-47-50-53-56-59-62-65-71(74)77-68-69(67-76-70(73)64-61-58-55-52-49-46-43-27-24-21-18-15-12-9-6-3)78-72(75)66-63-60-57-54-51-48-45-42-39-33-31-29-26-23-20-17-14-11-8-5-2/h27,43,69H,4-26,28-42,44-68H2,1-3H3/b43-27-. The number of allylic oxidation sites excluding steroid dienone is 2. The van der Waals surface area contributed by atoms with Crippen molar-refractivity contribution in [3.8, 4) is 0 Å². The van der Waals surface area contributed by atoms with Crippen LogP contribution < -0.4 is 0 Å². The maximum absolute atomic E-state index is 13.0. The molecule has 0 amide bonds. The molecule has 0 spiro atoms. The fourth-order valence-corrected chi connectivity index (χ4v) is 11.2. The van der Waals surface area contributed by atoms with E-state index in [2.05, 4.69) is 32.9 Å². The van der Waals surface area contributed by atoms with Gasteiger partial charge in [-0.15, -0.1) is 0 Å². The molecule has 0 aliphatic carbocycles. The van der Waals surface area contributed by atoms with Crippen LogP contribution in [0, 0.1) is 0 Å². The topological polar surface area (TPSA) is 78.9 Å². The predicted molar refractivity (Wildman–Crippen MR) is 340 cm³/mol. The van der Waals surface area contributed by atoms with Gasteiger partial charge in [0.25, 0.3) is 0 Å². The lowest BCUT2D eigenvalue weighted by Gasteiger charge is -2.18. The van der Waals surface area contributed by atoms with Crippen LogP contribution in [0.25, 0.3) is 0 Å². The van der Waals surface area contributed by atoms with E-state index in [1.807, 2.05) is 0 Å². The lowest BCUT2D eigenvalue weighted by Crippen LogP contribution is -2.30. The summed E-state index contributed by atoms with van der Waals surface area (Å²) >= 11 is 0. The molecule has 0 N–H and O–H groups in total. The zero-order chi connectivity index (χ0) is 56.4. The lowest BCUT2D eigenvalue weighted by atomic mass is 10.0. The fourth-order valence-electron chi connectivity index (χ4n) is 11.2. The summed E-state index contributed by atoms with van der Waals surface area (Å²) < 4.78 is 17.0. The third kappa shape index (κ3) is 65.0. The SMILES string of the molecule is CCCCCCCC/C=C\CCCCCCCC(=O)OCC(COC(=O)CCCCCCCCCCCCCCCCCCCCCCCCCCC)OC(=O)CCCCCCCCCCCCCCCCCCCCCC. The highest BCUT2D eigenvalue weighted by atomic mass is 16.6. The second kappa shape index (κ2) is 67.7. The zero-order valence-electron chi connectivity index (χ0n) is 53.2. The van der Waals surface area contributed by atoms with E-state index in [1.54, 1.807) is 0 Å².